The number of halogens is 2. The van der Waals surface area contributed by atoms with Crippen molar-refractivity contribution in [3.8, 4) is 0 Å². The third-order valence-electron chi connectivity index (χ3n) is 5.30. The summed E-state index contributed by atoms with van der Waals surface area (Å²) in [4.78, 5) is 9.07. The molecule has 26 heavy (non-hydrogen) atoms. The van der Waals surface area contributed by atoms with Gasteiger partial charge in [-0.15, -0.1) is 12.4 Å². The van der Waals surface area contributed by atoms with Crippen molar-refractivity contribution in [1.29, 1.82) is 0 Å². The summed E-state index contributed by atoms with van der Waals surface area (Å²) in [6.45, 7) is 4.01. The van der Waals surface area contributed by atoms with Gasteiger partial charge in [0, 0.05) is 32.8 Å². The van der Waals surface area contributed by atoms with E-state index in [1.807, 2.05) is 6.07 Å². The summed E-state index contributed by atoms with van der Waals surface area (Å²) in [6, 6.07) is 7.27. The van der Waals surface area contributed by atoms with Gasteiger partial charge in [0.15, 0.2) is 5.82 Å². The minimum Gasteiger partial charge on any atom is -0.377 e. The predicted octanol–water partition coefficient (Wildman–Crippen LogP) is 2.51. The molecule has 3 heterocycles. The lowest BCUT2D eigenvalue weighted by Crippen LogP contribution is -2.29. The molecular formula is C18H24ClFN4O2. The molecule has 142 valence electrons. The number of fused-ring (bicyclic) bond motifs is 1. The van der Waals surface area contributed by atoms with Crippen molar-refractivity contribution in [3.63, 3.8) is 0 Å². The molecule has 8 heteroatoms. The van der Waals surface area contributed by atoms with Crippen molar-refractivity contribution in [2.24, 2.45) is 11.8 Å². The van der Waals surface area contributed by atoms with Gasteiger partial charge in [-0.2, -0.15) is 4.98 Å². The molecule has 0 unspecified atom stereocenters. The molecule has 0 bridgehead atoms. The van der Waals surface area contributed by atoms with E-state index in [0.717, 1.165) is 25.2 Å². The van der Waals surface area contributed by atoms with Crippen molar-refractivity contribution in [2.45, 2.75) is 19.2 Å². The summed E-state index contributed by atoms with van der Waals surface area (Å²) >= 11 is 0. The van der Waals surface area contributed by atoms with Gasteiger partial charge in [-0.3, -0.25) is 9.80 Å². The fourth-order valence-electron chi connectivity index (χ4n) is 4.40. The highest BCUT2D eigenvalue weighted by molar-refractivity contribution is 5.85. The van der Waals surface area contributed by atoms with Gasteiger partial charge in [-0.1, -0.05) is 17.3 Å². The van der Waals surface area contributed by atoms with E-state index in [4.69, 9.17) is 9.26 Å². The number of hydrogen-bond donors (Lipinski definition) is 0. The van der Waals surface area contributed by atoms with E-state index in [1.54, 1.807) is 19.2 Å². The SMILES string of the molecule is COCc1noc(CN2C[C@@H]3CN(C)[C@@H](c4cccc(F)c4)[C@@H]3C2)n1.Cl. The van der Waals surface area contributed by atoms with Crippen LogP contribution >= 0.6 is 12.4 Å². The summed E-state index contributed by atoms with van der Waals surface area (Å²) in [5, 5.41) is 3.92. The largest absolute Gasteiger partial charge is 0.377 e. The maximum atomic E-state index is 13.7. The third kappa shape index (κ3) is 3.76. The van der Waals surface area contributed by atoms with Crippen LogP contribution < -0.4 is 0 Å². The highest BCUT2D eigenvalue weighted by Gasteiger charge is 2.46. The molecule has 2 aliphatic rings. The first-order chi connectivity index (χ1) is 12.1. The average molecular weight is 383 g/mol. The molecule has 3 atom stereocenters. The Labute approximate surface area is 158 Å². The molecule has 0 aliphatic carbocycles. The molecule has 2 saturated heterocycles. The van der Waals surface area contributed by atoms with E-state index >= 15 is 0 Å². The molecular weight excluding hydrogens is 359 g/mol. The van der Waals surface area contributed by atoms with Gasteiger partial charge in [0.2, 0.25) is 5.89 Å². The molecule has 0 spiro atoms. The first kappa shape index (κ1) is 19.2. The van der Waals surface area contributed by atoms with Crippen LogP contribution in [0.15, 0.2) is 28.8 Å². The number of ether oxygens (including phenoxy) is 1. The van der Waals surface area contributed by atoms with Crippen molar-refractivity contribution in [1.82, 2.24) is 19.9 Å². The second kappa shape index (κ2) is 8.00. The van der Waals surface area contributed by atoms with Crippen LogP contribution in [0.25, 0.3) is 0 Å². The first-order valence-corrected chi connectivity index (χ1v) is 8.62. The molecule has 1 aromatic heterocycles. The van der Waals surface area contributed by atoms with Crippen molar-refractivity contribution in [2.75, 3.05) is 33.8 Å². The minimum atomic E-state index is -0.166. The van der Waals surface area contributed by atoms with Crippen LogP contribution in [0.3, 0.4) is 0 Å². The van der Waals surface area contributed by atoms with Gasteiger partial charge in [-0.05, 0) is 36.6 Å². The number of benzene rings is 1. The fourth-order valence-corrected chi connectivity index (χ4v) is 4.40. The monoisotopic (exact) mass is 382 g/mol. The van der Waals surface area contributed by atoms with Gasteiger partial charge in [0.1, 0.15) is 12.4 Å². The number of aromatic nitrogens is 2. The Morgan fingerprint density at radius 3 is 2.92 bits per heavy atom. The predicted molar refractivity (Wildman–Crippen MR) is 96.3 cm³/mol. The Balaban J connectivity index is 0.00000196. The van der Waals surface area contributed by atoms with Crippen molar-refractivity contribution in [3.05, 3.63) is 47.4 Å². The van der Waals surface area contributed by atoms with E-state index in [0.29, 0.717) is 36.7 Å². The zero-order valence-corrected chi connectivity index (χ0v) is 15.8. The molecule has 0 amide bonds. The summed E-state index contributed by atoms with van der Waals surface area (Å²) in [5.74, 6) is 2.12. The zero-order chi connectivity index (χ0) is 17.4. The Morgan fingerprint density at radius 1 is 1.31 bits per heavy atom. The smallest absolute Gasteiger partial charge is 0.240 e. The number of likely N-dealkylation sites (tertiary alicyclic amines) is 2. The van der Waals surface area contributed by atoms with Gasteiger partial charge in [0.25, 0.3) is 0 Å². The topological polar surface area (TPSA) is 54.6 Å². The highest BCUT2D eigenvalue weighted by atomic mass is 35.5. The number of nitrogens with zero attached hydrogens (tertiary/aromatic N) is 4. The van der Waals surface area contributed by atoms with Gasteiger partial charge in [-0.25, -0.2) is 4.39 Å². The number of rotatable bonds is 5. The summed E-state index contributed by atoms with van der Waals surface area (Å²) in [5.41, 5.74) is 1.07. The molecule has 0 N–H and O–H groups in total. The summed E-state index contributed by atoms with van der Waals surface area (Å²) in [7, 11) is 3.74. The number of hydrogen-bond acceptors (Lipinski definition) is 6. The second-order valence-electron chi connectivity index (χ2n) is 7.09. The lowest BCUT2D eigenvalue weighted by molar-refractivity contribution is 0.174. The van der Waals surface area contributed by atoms with Gasteiger partial charge in [0.05, 0.1) is 6.54 Å². The molecule has 2 aliphatic heterocycles. The van der Waals surface area contributed by atoms with E-state index < -0.39 is 0 Å². The van der Waals surface area contributed by atoms with Crippen LogP contribution in [0.4, 0.5) is 4.39 Å². The lowest BCUT2D eigenvalue weighted by atomic mass is 9.89. The second-order valence-corrected chi connectivity index (χ2v) is 7.09. The summed E-state index contributed by atoms with van der Waals surface area (Å²) < 4.78 is 24.0. The lowest BCUT2D eigenvalue weighted by Gasteiger charge is -2.26. The Morgan fingerprint density at radius 2 is 2.15 bits per heavy atom. The van der Waals surface area contributed by atoms with Crippen molar-refractivity contribution < 1.29 is 13.7 Å². The molecule has 0 radical (unpaired) electrons. The van der Waals surface area contributed by atoms with E-state index in [1.165, 1.54) is 6.07 Å². The normalized spacial score (nSPS) is 26.0. The Hall–Kier alpha value is -1.54. The van der Waals surface area contributed by atoms with Gasteiger partial charge >= 0.3 is 0 Å². The maximum absolute atomic E-state index is 13.7. The highest BCUT2D eigenvalue weighted by Crippen LogP contribution is 2.44. The molecule has 1 aromatic carbocycles. The standard InChI is InChI=1S/C18H23FN4O2.ClH/c1-22-7-13-8-23(10-17-20-16(11-24-2)21-25-17)9-15(13)18(22)12-4-3-5-14(19)6-12;/h3-6,13,15,18H,7-11H2,1-2H3;1H/t13-,15+,18-;/m0./s1. The molecule has 0 saturated carbocycles. The zero-order valence-electron chi connectivity index (χ0n) is 15.0. The summed E-state index contributed by atoms with van der Waals surface area (Å²) in [6.07, 6.45) is 0. The van der Waals surface area contributed by atoms with Crippen molar-refractivity contribution >= 4 is 12.4 Å². The maximum Gasteiger partial charge on any atom is 0.240 e. The van der Waals surface area contributed by atoms with Crippen LogP contribution in [-0.4, -0.2) is 53.7 Å². The Bertz CT molecular complexity index is 743. The minimum absolute atomic E-state index is 0. The Kier molecular flexibility index (Phi) is 5.92. The number of methoxy groups -OCH3 is 1. The van der Waals surface area contributed by atoms with E-state index in [9.17, 15) is 4.39 Å². The third-order valence-corrected chi connectivity index (χ3v) is 5.30. The molecule has 4 rings (SSSR count). The quantitative estimate of drug-likeness (QED) is 0.792. The average Bonchev–Trinajstić information content (AvgIpc) is 3.23. The van der Waals surface area contributed by atoms with Crippen LogP contribution in [-0.2, 0) is 17.9 Å². The van der Waals surface area contributed by atoms with E-state index in [2.05, 4.69) is 27.0 Å². The molecule has 2 aromatic rings. The van der Waals surface area contributed by atoms with Crippen LogP contribution in [0, 0.1) is 17.7 Å². The van der Waals surface area contributed by atoms with Gasteiger partial charge < -0.3 is 9.26 Å². The fraction of sp³-hybridized carbons (Fsp3) is 0.556. The molecule has 2 fully saturated rings. The molecule has 6 nitrogen and oxygen atoms in total. The van der Waals surface area contributed by atoms with Crippen LogP contribution in [0.5, 0.6) is 0 Å². The van der Waals surface area contributed by atoms with Crippen LogP contribution in [0.1, 0.15) is 23.3 Å². The first-order valence-electron chi connectivity index (χ1n) is 8.62. The van der Waals surface area contributed by atoms with Crippen LogP contribution in [0.2, 0.25) is 0 Å². The van der Waals surface area contributed by atoms with E-state index in [-0.39, 0.29) is 24.3 Å².